The van der Waals surface area contributed by atoms with Crippen LogP contribution in [0.25, 0.3) is 0 Å². The molecule has 70 valence electrons. The quantitative estimate of drug-likeness (QED) is 0.632. The van der Waals surface area contributed by atoms with E-state index in [9.17, 15) is 4.79 Å². The summed E-state index contributed by atoms with van der Waals surface area (Å²) in [6.07, 6.45) is 7.54. The molecule has 2 atom stereocenters. The van der Waals surface area contributed by atoms with Crippen molar-refractivity contribution in [2.75, 3.05) is 0 Å². The minimum absolute atomic E-state index is 0.402. The van der Waals surface area contributed by atoms with Gasteiger partial charge in [-0.3, -0.25) is 4.79 Å². The van der Waals surface area contributed by atoms with Crippen LogP contribution in [0.4, 0.5) is 0 Å². The van der Waals surface area contributed by atoms with Crippen LogP contribution in [0.5, 0.6) is 0 Å². The molecule has 12 heavy (non-hydrogen) atoms. The molecule has 0 amide bonds. The lowest BCUT2D eigenvalue weighted by molar-refractivity contribution is -0.123. The average Bonchev–Trinajstić information content (AvgIpc) is 2.05. The summed E-state index contributed by atoms with van der Waals surface area (Å²) in [5.41, 5.74) is 0. The molecular formula is C11H20O. The third-order valence-electron chi connectivity index (χ3n) is 3.09. The first kappa shape index (κ1) is 9.76. The van der Waals surface area contributed by atoms with Gasteiger partial charge in [0.15, 0.2) is 0 Å². The molecule has 0 aliphatic heterocycles. The molecule has 1 aliphatic rings. The van der Waals surface area contributed by atoms with E-state index in [0.29, 0.717) is 17.6 Å². The number of rotatable bonds is 3. The summed E-state index contributed by atoms with van der Waals surface area (Å²) in [4.78, 5) is 11.3. The van der Waals surface area contributed by atoms with E-state index in [1.165, 1.54) is 32.1 Å². The Hall–Kier alpha value is -0.330. The molecule has 0 aromatic heterocycles. The van der Waals surface area contributed by atoms with Crippen molar-refractivity contribution in [3.63, 3.8) is 0 Å². The second-order valence-electron chi connectivity index (χ2n) is 4.05. The van der Waals surface area contributed by atoms with Crippen LogP contribution in [0.2, 0.25) is 0 Å². The van der Waals surface area contributed by atoms with Crippen molar-refractivity contribution in [1.29, 1.82) is 0 Å². The maximum atomic E-state index is 11.3. The van der Waals surface area contributed by atoms with Gasteiger partial charge in [0.05, 0.1) is 0 Å². The molecule has 1 aliphatic carbocycles. The largest absolute Gasteiger partial charge is 0.300 e. The molecule has 0 radical (unpaired) electrons. The Balaban J connectivity index is 2.48. The third-order valence-corrected chi connectivity index (χ3v) is 3.09. The molecule has 0 saturated heterocycles. The first-order chi connectivity index (χ1) is 5.75. The van der Waals surface area contributed by atoms with Crippen molar-refractivity contribution in [2.24, 2.45) is 11.8 Å². The van der Waals surface area contributed by atoms with Crippen molar-refractivity contribution in [1.82, 2.24) is 0 Å². The zero-order valence-corrected chi connectivity index (χ0v) is 8.31. The number of carbonyl (C=O) groups excluding carboxylic acids is 1. The summed E-state index contributed by atoms with van der Waals surface area (Å²) in [6.45, 7) is 3.98. The average molecular weight is 168 g/mol. The maximum absolute atomic E-state index is 11.3. The number of Topliss-reactive ketones (excluding diaryl/α,β-unsaturated/α-hetero) is 1. The van der Waals surface area contributed by atoms with Gasteiger partial charge in [0.25, 0.3) is 0 Å². The molecule has 1 nitrogen and oxygen atoms in total. The van der Waals surface area contributed by atoms with E-state index >= 15 is 0 Å². The molecule has 1 heteroatoms. The van der Waals surface area contributed by atoms with Crippen molar-refractivity contribution < 1.29 is 4.79 Å². The Bertz CT molecular complexity index is 149. The molecule has 0 aromatic rings. The fourth-order valence-electron chi connectivity index (χ4n) is 2.46. The maximum Gasteiger partial charge on any atom is 0.133 e. The standard InChI is InChI=1S/C11H20O/c1-3-6-10-7-4-5-8-11(10)9(2)12/h10-11H,3-8H2,1-2H3. The fraction of sp³-hybridized carbons (Fsp3) is 0.909. The number of ketones is 1. The number of carbonyl (C=O) groups is 1. The predicted molar refractivity (Wildman–Crippen MR) is 51.0 cm³/mol. The second-order valence-corrected chi connectivity index (χ2v) is 4.05. The van der Waals surface area contributed by atoms with Crippen molar-refractivity contribution in [3.8, 4) is 0 Å². The predicted octanol–water partition coefficient (Wildman–Crippen LogP) is 3.18. The SMILES string of the molecule is CCCC1CCCCC1C(C)=O. The van der Waals surface area contributed by atoms with Crippen LogP contribution in [0.3, 0.4) is 0 Å². The van der Waals surface area contributed by atoms with E-state index in [4.69, 9.17) is 0 Å². The van der Waals surface area contributed by atoms with Gasteiger partial charge in [-0.25, -0.2) is 0 Å². The topological polar surface area (TPSA) is 17.1 Å². The van der Waals surface area contributed by atoms with Crippen molar-refractivity contribution in [3.05, 3.63) is 0 Å². The monoisotopic (exact) mass is 168 g/mol. The summed E-state index contributed by atoms with van der Waals surface area (Å²) >= 11 is 0. The Labute approximate surface area is 75.5 Å². The molecule has 1 rings (SSSR count). The zero-order valence-electron chi connectivity index (χ0n) is 8.31. The zero-order chi connectivity index (χ0) is 8.97. The molecule has 0 bridgehead atoms. The van der Waals surface area contributed by atoms with E-state index in [1.807, 2.05) is 0 Å². The van der Waals surface area contributed by atoms with Crippen LogP contribution in [-0.2, 0) is 4.79 Å². The van der Waals surface area contributed by atoms with Crippen LogP contribution in [0.1, 0.15) is 52.4 Å². The highest BCUT2D eigenvalue weighted by molar-refractivity contribution is 5.78. The number of hydrogen-bond donors (Lipinski definition) is 0. The molecule has 0 spiro atoms. The molecule has 0 N–H and O–H groups in total. The third kappa shape index (κ3) is 2.33. The van der Waals surface area contributed by atoms with Gasteiger partial charge in [-0.1, -0.05) is 32.6 Å². The minimum Gasteiger partial charge on any atom is -0.300 e. The molecule has 2 unspecified atom stereocenters. The van der Waals surface area contributed by atoms with Crippen LogP contribution in [-0.4, -0.2) is 5.78 Å². The van der Waals surface area contributed by atoms with Gasteiger partial charge < -0.3 is 0 Å². The number of hydrogen-bond acceptors (Lipinski definition) is 1. The Morgan fingerprint density at radius 2 is 2.00 bits per heavy atom. The lowest BCUT2D eigenvalue weighted by atomic mass is 9.75. The van der Waals surface area contributed by atoms with E-state index in [2.05, 4.69) is 6.92 Å². The molecular weight excluding hydrogens is 148 g/mol. The van der Waals surface area contributed by atoms with E-state index < -0.39 is 0 Å². The van der Waals surface area contributed by atoms with Gasteiger partial charge >= 0.3 is 0 Å². The van der Waals surface area contributed by atoms with Crippen LogP contribution < -0.4 is 0 Å². The lowest BCUT2D eigenvalue weighted by Crippen LogP contribution is -2.25. The first-order valence-electron chi connectivity index (χ1n) is 5.26. The summed E-state index contributed by atoms with van der Waals surface area (Å²) in [5, 5.41) is 0. The molecule has 0 aromatic carbocycles. The summed E-state index contributed by atoms with van der Waals surface area (Å²) in [7, 11) is 0. The van der Waals surface area contributed by atoms with E-state index in [1.54, 1.807) is 6.92 Å². The highest BCUT2D eigenvalue weighted by Crippen LogP contribution is 2.33. The Morgan fingerprint density at radius 1 is 1.33 bits per heavy atom. The summed E-state index contributed by atoms with van der Waals surface area (Å²) in [6, 6.07) is 0. The summed E-state index contributed by atoms with van der Waals surface area (Å²) < 4.78 is 0. The van der Waals surface area contributed by atoms with Crippen LogP contribution in [0, 0.1) is 11.8 Å². The Kier molecular flexibility index (Phi) is 3.77. The van der Waals surface area contributed by atoms with Gasteiger partial charge in [-0.15, -0.1) is 0 Å². The van der Waals surface area contributed by atoms with Gasteiger partial charge in [-0.05, 0) is 25.7 Å². The summed E-state index contributed by atoms with van der Waals surface area (Å²) in [5.74, 6) is 1.54. The Morgan fingerprint density at radius 3 is 2.58 bits per heavy atom. The van der Waals surface area contributed by atoms with Gasteiger partial charge in [0, 0.05) is 5.92 Å². The van der Waals surface area contributed by atoms with Gasteiger partial charge in [-0.2, -0.15) is 0 Å². The van der Waals surface area contributed by atoms with Crippen LogP contribution >= 0.6 is 0 Å². The highest BCUT2D eigenvalue weighted by Gasteiger charge is 2.27. The molecule has 1 fully saturated rings. The minimum atomic E-state index is 0.402. The van der Waals surface area contributed by atoms with Crippen molar-refractivity contribution >= 4 is 5.78 Å². The van der Waals surface area contributed by atoms with Gasteiger partial charge in [0.2, 0.25) is 0 Å². The smallest absolute Gasteiger partial charge is 0.133 e. The van der Waals surface area contributed by atoms with E-state index in [-0.39, 0.29) is 0 Å². The molecule has 1 saturated carbocycles. The second kappa shape index (κ2) is 4.64. The van der Waals surface area contributed by atoms with E-state index in [0.717, 1.165) is 6.42 Å². The molecule has 0 heterocycles. The van der Waals surface area contributed by atoms with Crippen LogP contribution in [0.15, 0.2) is 0 Å². The lowest BCUT2D eigenvalue weighted by Gasteiger charge is -2.29. The highest BCUT2D eigenvalue weighted by atomic mass is 16.1. The normalized spacial score (nSPS) is 30.2. The fourth-order valence-corrected chi connectivity index (χ4v) is 2.46. The van der Waals surface area contributed by atoms with Crippen molar-refractivity contribution in [2.45, 2.75) is 52.4 Å². The first-order valence-corrected chi connectivity index (χ1v) is 5.26. The van der Waals surface area contributed by atoms with Gasteiger partial charge in [0.1, 0.15) is 5.78 Å².